The second kappa shape index (κ2) is 4.05. The number of aromatic nitrogens is 2. The molecule has 0 spiro atoms. The van der Waals surface area contributed by atoms with Gasteiger partial charge in [0.15, 0.2) is 0 Å². The summed E-state index contributed by atoms with van der Waals surface area (Å²) in [5, 5.41) is 4.25. The number of nitrogens with zero attached hydrogens (tertiary/aromatic N) is 2. The van der Waals surface area contributed by atoms with Crippen molar-refractivity contribution < 1.29 is 4.52 Å². The van der Waals surface area contributed by atoms with E-state index >= 15 is 0 Å². The zero-order chi connectivity index (χ0) is 12.7. The van der Waals surface area contributed by atoms with Crippen LogP contribution in [0.2, 0.25) is 0 Å². The molecule has 1 aromatic carbocycles. The molecule has 0 amide bonds. The van der Waals surface area contributed by atoms with Crippen molar-refractivity contribution in [2.75, 3.05) is 0 Å². The molecule has 3 aromatic rings. The summed E-state index contributed by atoms with van der Waals surface area (Å²) in [4.78, 5) is 4.41. The Hall–Kier alpha value is -2.42. The van der Waals surface area contributed by atoms with Crippen LogP contribution in [-0.2, 0) is 12.8 Å². The minimum Gasteiger partial charge on any atom is -0.360 e. The average Bonchev–Trinajstić information content (AvgIpc) is 2.88. The van der Waals surface area contributed by atoms with Crippen LogP contribution < -0.4 is 0 Å². The van der Waals surface area contributed by atoms with E-state index in [9.17, 15) is 0 Å². The lowest BCUT2D eigenvalue weighted by molar-refractivity contribution is 0.387. The summed E-state index contributed by atoms with van der Waals surface area (Å²) in [5.41, 5.74) is 5.65. The minimum atomic E-state index is 0.741. The van der Waals surface area contributed by atoms with Gasteiger partial charge in [0, 0.05) is 23.7 Å². The van der Waals surface area contributed by atoms with Crippen LogP contribution in [0, 0.1) is 0 Å². The molecule has 0 aliphatic heterocycles. The van der Waals surface area contributed by atoms with Gasteiger partial charge in [0.05, 0.1) is 12.1 Å². The number of fused-ring (bicyclic) bond motifs is 2. The molecule has 2 aromatic heterocycles. The van der Waals surface area contributed by atoms with E-state index in [1.165, 1.54) is 11.1 Å². The maximum Gasteiger partial charge on any atom is 0.146 e. The normalized spacial score (nSPS) is 12.8. The Morgan fingerprint density at radius 2 is 1.84 bits per heavy atom. The molecule has 0 atom stereocenters. The number of benzene rings is 1. The first-order valence-corrected chi connectivity index (χ1v) is 6.37. The monoisotopic (exact) mass is 248 g/mol. The lowest BCUT2D eigenvalue weighted by Gasteiger charge is -2.13. The number of hydrogen-bond donors (Lipinski definition) is 0. The standard InChI is InChI=1S/C16H12N2O/c1-2-5-11(6-3-1)16-13-9-12-7-4-8-17-14(12)10-15(13)19-18-16/h1-8H,9-10H2. The van der Waals surface area contributed by atoms with Gasteiger partial charge in [0.25, 0.3) is 0 Å². The molecule has 1 aliphatic rings. The molecule has 4 rings (SSSR count). The number of pyridine rings is 1. The predicted octanol–water partition coefficient (Wildman–Crippen LogP) is 3.23. The summed E-state index contributed by atoms with van der Waals surface area (Å²) in [5.74, 6) is 0.949. The van der Waals surface area contributed by atoms with E-state index in [2.05, 4.69) is 28.3 Å². The molecular formula is C16H12N2O. The van der Waals surface area contributed by atoms with Crippen molar-refractivity contribution >= 4 is 0 Å². The topological polar surface area (TPSA) is 38.9 Å². The van der Waals surface area contributed by atoms with Crippen LogP contribution >= 0.6 is 0 Å². The summed E-state index contributed by atoms with van der Waals surface area (Å²) in [6.07, 6.45) is 3.43. The van der Waals surface area contributed by atoms with Gasteiger partial charge in [-0.15, -0.1) is 0 Å². The van der Waals surface area contributed by atoms with E-state index in [1.807, 2.05) is 30.5 Å². The third-order valence-corrected chi connectivity index (χ3v) is 3.60. The Kier molecular flexibility index (Phi) is 2.24. The smallest absolute Gasteiger partial charge is 0.146 e. The molecule has 1 aliphatic carbocycles. The quantitative estimate of drug-likeness (QED) is 0.519. The average molecular weight is 248 g/mol. The van der Waals surface area contributed by atoms with Gasteiger partial charge in [-0.3, -0.25) is 4.98 Å². The van der Waals surface area contributed by atoms with Gasteiger partial charge in [-0.05, 0) is 11.6 Å². The second-order valence-electron chi connectivity index (χ2n) is 4.76. The summed E-state index contributed by atoms with van der Waals surface area (Å²) >= 11 is 0. The highest BCUT2D eigenvalue weighted by molar-refractivity contribution is 5.65. The lowest BCUT2D eigenvalue weighted by Crippen LogP contribution is -2.07. The third kappa shape index (κ3) is 1.66. The number of rotatable bonds is 1. The zero-order valence-corrected chi connectivity index (χ0v) is 10.3. The minimum absolute atomic E-state index is 0.741. The number of hydrogen-bond acceptors (Lipinski definition) is 3. The molecule has 3 heteroatoms. The highest BCUT2D eigenvalue weighted by atomic mass is 16.5. The summed E-state index contributed by atoms with van der Waals surface area (Å²) < 4.78 is 5.51. The van der Waals surface area contributed by atoms with E-state index in [0.717, 1.165) is 35.6 Å². The van der Waals surface area contributed by atoms with Crippen molar-refractivity contribution in [1.82, 2.24) is 10.1 Å². The van der Waals surface area contributed by atoms with Gasteiger partial charge >= 0.3 is 0 Å². The first kappa shape index (κ1) is 10.5. The van der Waals surface area contributed by atoms with E-state index in [0.29, 0.717) is 0 Å². The van der Waals surface area contributed by atoms with E-state index < -0.39 is 0 Å². The largest absolute Gasteiger partial charge is 0.360 e. The van der Waals surface area contributed by atoms with Crippen molar-refractivity contribution in [3.63, 3.8) is 0 Å². The fraction of sp³-hybridized carbons (Fsp3) is 0.125. The Labute approximate surface area is 110 Å². The van der Waals surface area contributed by atoms with E-state index in [1.54, 1.807) is 0 Å². The predicted molar refractivity (Wildman–Crippen MR) is 71.8 cm³/mol. The SMILES string of the molecule is c1ccc(-c2noc3c2Cc2cccnc2C3)cc1. The van der Waals surface area contributed by atoms with Crippen molar-refractivity contribution in [3.05, 3.63) is 71.2 Å². The molecule has 0 N–H and O–H groups in total. The Bertz CT molecular complexity index is 732. The van der Waals surface area contributed by atoms with Gasteiger partial charge in [-0.25, -0.2) is 0 Å². The Morgan fingerprint density at radius 1 is 0.947 bits per heavy atom. The zero-order valence-electron chi connectivity index (χ0n) is 10.3. The van der Waals surface area contributed by atoms with Crippen LogP contribution in [0.5, 0.6) is 0 Å². The van der Waals surface area contributed by atoms with Crippen molar-refractivity contribution in [3.8, 4) is 11.3 Å². The Balaban J connectivity index is 1.83. The molecule has 0 saturated carbocycles. The van der Waals surface area contributed by atoms with E-state index in [-0.39, 0.29) is 0 Å². The van der Waals surface area contributed by atoms with Crippen LogP contribution in [0.1, 0.15) is 22.6 Å². The fourth-order valence-electron chi connectivity index (χ4n) is 2.62. The van der Waals surface area contributed by atoms with Crippen molar-refractivity contribution in [2.45, 2.75) is 12.8 Å². The highest BCUT2D eigenvalue weighted by Crippen LogP contribution is 2.32. The maximum atomic E-state index is 5.51. The van der Waals surface area contributed by atoms with Crippen LogP contribution in [0.4, 0.5) is 0 Å². The Morgan fingerprint density at radius 3 is 2.74 bits per heavy atom. The molecule has 19 heavy (non-hydrogen) atoms. The van der Waals surface area contributed by atoms with Crippen LogP contribution in [0.25, 0.3) is 11.3 Å². The summed E-state index contributed by atoms with van der Waals surface area (Å²) in [6, 6.07) is 14.3. The molecule has 3 nitrogen and oxygen atoms in total. The molecule has 0 bridgehead atoms. The fourth-order valence-corrected chi connectivity index (χ4v) is 2.62. The van der Waals surface area contributed by atoms with Crippen LogP contribution in [0.15, 0.2) is 53.2 Å². The molecule has 0 unspecified atom stereocenters. The van der Waals surface area contributed by atoms with Gasteiger partial charge in [0.2, 0.25) is 0 Å². The third-order valence-electron chi connectivity index (χ3n) is 3.60. The maximum absolute atomic E-state index is 5.51. The molecule has 0 saturated heterocycles. The summed E-state index contributed by atoms with van der Waals surface area (Å²) in [6.45, 7) is 0. The molecule has 0 fully saturated rings. The van der Waals surface area contributed by atoms with Gasteiger partial charge in [-0.1, -0.05) is 41.6 Å². The van der Waals surface area contributed by atoms with Crippen molar-refractivity contribution in [2.24, 2.45) is 0 Å². The van der Waals surface area contributed by atoms with Gasteiger partial charge < -0.3 is 4.52 Å². The highest BCUT2D eigenvalue weighted by Gasteiger charge is 2.24. The molecular weight excluding hydrogens is 236 g/mol. The molecule has 0 radical (unpaired) electrons. The van der Waals surface area contributed by atoms with Crippen molar-refractivity contribution in [1.29, 1.82) is 0 Å². The first-order valence-electron chi connectivity index (χ1n) is 6.37. The van der Waals surface area contributed by atoms with Crippen LogP contribution in [-0.4, -0.2) is 10.1 Å². The van der Waals surface area contributed by atoms with Gasteiger partial charge in [-0.2, -0.15) is 0 Å². The first-order chi connectivity index (χ1) is 9.42. The lowest BCUT2D eigenvalue weighted by atomic mass is 9.91. The molecule has 2 heterocycles. The molecule has 92 valence electrons. The van der Waals surface area contributed by atoms with Crippen LogP contribution in [0.3, 0.4) is 0 Å². The summed E-state index contributed by atoms with van der Waals surface area (Å²) in [7, 11) is 0. The van der Waals surface area contributed by atoms with Gasteiger partial charge in [0.1, 0.15) is 11.5 Å². The van der Waals surface area contributed by atoms with E-state index in [4.69, 9.17) is 4.52 Å². The second-order valence-corrected chi connectivity index (χ2v) is 4.76.